The largest absolute Gasteiger partial charge is 0.272 e. The number of hydrazone groups is 1. The second-order valence-corrected chi connectivity index (χ2v) is 7.80. The van der Waals surface area contributed by atoms with Crippen LogP contribution < -0.4 is 5.43 Å². The van der Waals surface area contributed by atoms with Crippen LogP contribution in [0.1, 0.15) is 50.4 Å². The van der Waals surface area contributed by atoms with Gasteiger partial charge in [-0.15, -0.1) is 0 Å². The highest BCUT2D eigenvalue weighted by atomic mass is 79.9. The van der Waals surface area contributed by atoms with Crippen molar-refractivity contribution in [2.24, 2.45) is 21.8 Å². The molecule has 2 aliphatic rings. The van der Waals surface area contributed by atoms with Gasteiger partial charge in [0.2, 0.25) is 0 Å². The van der Waals surface area contributed by atoms with Crippen LogP contribution in [-0.2, 0) is 0 Å². The van der Waals surface area contributed by atoms with Crippen molar-refractivity contribution in [3.8, 4) is 0 Å². The quantitative estimate of drug-likeness (QED) is 0.826. The van der Waals surface area contributed by atoms with E-state index < -0.39 is 0 Å². The van der Waals surface area contributed by atoms with Gasteiger partial charge in [-0.3, -0.25) is 9.78 Å². The zero-order chi connectivity index (χ0) is 15.3. The third-order valence-electron chi connectivity index (χ3n) is 5.77. The maximum absolute atomic E-state index is 12.1. The van der Waals surface area contributed by atoms with Crippen LogP contribution >= 0.6 is 15.9 Å². The smallest absolute Gasteiger partial charge is 0.267 e. The first kappa shape index (κ1) is 14.7. The van der Waals surface area contributed by atoms with Gasteiger partial charge in [0.1, 0.15) is 0 Å². The standard InChI is InChI=1S/C16H20BrN3O/c1-15(2)11-4-5-16(15,3)13(7-11)19-20-14(21)10-6-12(17)9-18-8-10/h6,8-9,11H,4-5,7H2,1-3H3,(H,20,21)/b19-13+/t11-,16+/m0/s1. The SMILES string of the molecule is CC1(C)[C@H]2CC[C@]1(C)/C(=N/NC(=O)c1cncc(Br)c1)C2. The van der Waals surface area contributed by atoms with Crippen LogP contribution in [0.2, 0.25) is 0 Å². The van der Waals surface area contributed by atoms with E-state index in [-0.39, 0.29) is 16.7 Å². The van der Waals surface area contributed by atoms with Gasteiger partial charge < -0.3 is 0 Å². The maximum Gasteiger partial charge on any atom is 0.272 e. The Bertz CT molecular complexity index is 626. The fraction of sp³-hybridized carbons (Fsp3) is 0.562. The minimum Gasteiger partial charge on any atom is -0.267 e. The van der Waals surface area contributed by atoms with Gasteiger partial charge >= 0.3 is 0 Å². The van der Waals surface area contributed by atoms with Crippen molar-refractivity contribution < 1.29 is 4.79 Å². The lowest BCUT2D eigenvalue weighted by Crippen LogP contribution is -2.34. The molecule has 2 atom stereocenters. The molecule has 0 saturated heterocycles. The molecule has 2 aliphatic carbocycles. The van der Waals surface area contributed by atoms with Crippen molar-refractivity contribution in [1.82, 2.24) is 10.4 Å². The summed E-state index contributed by atoms with van der Waals surface area (Å²) >= 11 is 3.32. The highest BCUT2D eigenvalue weighted by Crippen LogP contribution is 2.63. The number of amides is 1. The molecule has 0 spiro atoms. The lowest BCUT2D eigenvalue weighted by atomic mass is 9.70. The van der Waals surface area contributed by atoms with E-state index in [2.05, 4.69) is 52.2 Å². The van der Waals surface area contributed by atoms with Gasteiger partial charge in [-0.05, 0) is 52.6 Å². The summed E-state index contributed by atoms with van der Waals surface area (Å²) < 4.78 is 0.788. The van der Waals surface area contributed by atoms with E-state index in [0.29, 0.717) is 11.5 Å². The Kier molecular flexibility index (Phi) is 3.43. The molecule has 0 unspecified atom stereocenters. The Labute approximate surface area is 133 Å². The van der Waals surface area contributed by atoms with Crippen molar-refractivity contribution >= 4 is 27.5 Å². The van der Waals surface area contributed by atoms with Crippen molar-refractivity contribution in [2.45, 2.75) is 40.0 Å². The number of fused-ring (bicyclic) bond motifs is 2. The first-order valence-corrected chi connectivity index (χ1v) is 8.12. The maximum atomic E-state index is 12.1. The van der Waals surface area contributed by atoms with Gasteiger partial charge in [0, 0.05) is 28.0 Å². The van der Waals surface area contributed by atoms with Gasteiger partial charge in [0.05, 0.1) is 5.56 Å². The molecule has 1 aromatic rings. The molecule has 0 aromatic carbocycles. The summed E-state index contributed by atoms with van der Waals surface area (Å²) in [5.74, 6) is 0.478. The molecule has 3 rings (SSSR count). The number of halogens is 1. The van der Waals surface area contributed by atoms with Crippen molar-refractivity contribution in [2.75, 3.05) is 0 Å². The fourth-order valence-electron chi connectivity index (χ4n) is 3.82. The molecule has 1 amide bonds. The monoisotopic (exact) mass is 349 g/mol. The lowest BCUT2D eigenvalue weighted by molar-refractivity contribution is 0.0953. The van der Waals surface area contributed by atoms with Gasteiger partial charge in [-0.1, -0.05) is 20.8 Å². The summed E-state index contributed by atoms with van der Waals surface area (Å²) in [6.07, 6.45) is 6.64. The summed E-state index contributed by atoms with van der Waals surface area (Å²) in [7, 11) is 0. The number of nitrogens with zero attached hydrogens (tertiary/aromatic N) is 2. The van der Waals surface area contributed by atoms with Crippen LogP contribution in [0.5, 0.6) is 0 Å². The van der Waals surface area contributed by atoms with Crippen LogP contribution in [0.15, 0.2) is 28.0 Å². The minimum absolute atomic E-state index is 0.112. The van der Waals surface area contributed by atoms with Crippen LogP contribution in [0.3, 0.4) is 0 Å². The topological polar surface area (TPSA) is 54.4 Å². The Balaban J connectivity index is 1.77. The number of hydrogen-bond acceptors (Lipinski definition) is 3. The number of nitrogens with one attached hydrogen (secondary N) is 1. The van der Waals surface area contributed by atoms with E-state index >= 15 is 0 Å². The van der Waals surface area contributed by atoms with E-state index in [4.69, 9.17) is 0 Å². The Morgan fingerprint density at radius 2 is 2.19 bits per heavy atom. The highest BCUT2D eigenvalue weighted by molar-refractivity contribution is 9.10. The van der Waals surface area contributed by atoms with Crippen molar-refractivity contribution in [1.29, 1.82) is 0 Å². The van der Waals surface area contributed by atoms with Crippen LogP contribution in [0.25, 0.3) is 0 Å². The zero-order valence-electron chi connectivity index (χ0n) is 12.6. The summed E-state index contributed by atoms with van der Waals surface area (Å²) in [4.78, 5) is 16.2. The Morgan fingerprint density at radius 1 is 1.43 bits per heavy atom. The predicted octanol–water partition coefficient (Wildman–Crippen LogP) is 3.78. The normalized spacial score (nSPS) is 31.6. The summed E-state index contributed by atoms with van der Waals surface area (Å²) in [6.45, 7) is 6.94. The average Bonchev–Trinajstić information content (AvgIpc) is 2.77. The minimum atomic E-state index is -0.208. The molecule has 2 saturated carbocycles. The molecule has 112 valence electrons. The van der Waals surface area contributed by atoms with E-state index in [0.717, 1.165) is 23.0 Å². The molecule has 1 N–H and O–H groups in total. The van der Waals surface area contributed by atoms with E-state index in [1.165, 1.54) is 6.42 Å². The Hall–Kier alpha value is -1.23. The molecule has 2 bridgehead atoms. The first-order valence-electron chi connectivity index (χ1n) is 7.32. The highest BCUT2D eigenvalue weighted by Gasteiger charge is 2.59. The van der Waals surface area contributed by atoms with Crippen molar-refractivity contribution in [3.05, 3.63) is 28.5 Å². The van der Waals surface area contributed by atoms with Crippen molar-refractivity contribution in [3.63, 3.8) is 0 Å². The lowest BCUT2D eigenvalue weighted by Gasteiger charge is -2.34. The van der Waals surface area contributed by atoms with Gasteiger partial charge in [0.25, 0.3) is 5.91 Å². The van der Waals surface area contributed by atoms with Crippen LogP contribution in [0.4, 0.5) is 0 Å². The molecular formula is C16H20BrN3O. The molecule has 4 nitrogen and oxygen atoms in total. The summed E-state index contributed by atoms with van der Waals surface area (Å²) in [5.41, 5.74) is 4.74. The molecule has 5 heteroatoms. The third kappa shape index (κ3) is 2.22. The third-order valence-corrected chi connectivity index (χ3v) is 6.21. The summed E-state index contributed by atoms with van der Waals surface area (Å²) in [6, 6.07) is 1.75. The number of carbonyl (C=O) groups is 1. The first-order chi connectivity index (χ1) is 9.84. The van der Waals surface area contributed by atoms with E-state index in [9.17, 15) is 4.79 Å². The number of aromatic nitrogens is 1. The molecule has 1 heterocycles. The van der Waals surface area contributed by atoms with E-state index in [1.54, 1.807) is 18.5 Å². The van der Waals surface area contributed by atoms with Gasteiger partial charge in [-0.2, -0.15) is 5.10 Å². The molecular weight excluding hydrogens is 330 g/mol. The average molecular weight is 350 g/mol. The molecule has 1 aromatic heterocycles. The molecule has 0 radical (unpaired) electrons. The second-order valence-electron chi connectivity index (χ2n) is 6.88. The number of pyridine rings is 1. The second kappa shape index (κ2) is 4.90. The van der Waals surface area contributed by atoms with Gasteiger partial charge in [-0.25, -0.2) is 5.43 Å². The molecule has 0 aliphatic heterocycles. The van der Waals surface area contributed by atoms with Crippen LogP contribution in [-0.4, -0.2) is 16.6 Å². The predicted molar refractivity (Wildman–Crippen MR) is 86.1 cm³/mol. The zero-order valence-corrected chi connectivity index (χ0v) is 14.2. The molecule has 21 heavy (non-hydrogen) atoms. The summed E-state index contributed by atoms with van der Waals surface area (Å²) in [5, 5.41) is 4.45. The number of carbonyl (C=O) groups excluding carboxylic acids is 1. The Morgan fingerprint density at radius 3 is 2.76 bits per heavy atom. The fourth-order valence-corrected chi connectivity index (χ4v) is 4.18. The number of hydrogen-bond donors (Lipinski definition) is 1. The number of rotatable bonds is 2. The molecule has 2 fully saturated rings. The van der Waals surface area contributed by atoms with Gasteiger partial charge in [0.15, 0.2) is 0 Å². The van der Waals surface area contributed by atoms with E-state index in [1.807, 2.05) is 0 Å². The van der Waals surface area contributed by atoms with Crippen LogP contribution in [0, 0.1) is 16.7 Å².